The zero-order valence-electron chi connectivity index (χ0n) is 11.9. The predicted octanol–water partition coefficient (Wildman–Crippen LogP) is 3.33. The first-order chi connectivity index (χ1) is 9.78. The highest BCUT2D eigenvalue weighted by molar-refractivity contribution is 5.82. The van der Waals surface area contributed by atoms with Crippen LogP contribution < -0.4 is 5.32 Å². The van der Waals surface area contributed by atoms with Gasteiger partial charge < -0.3 is 9.73 Å². The van der Waals surface area contributed by atoms with E-state index < -0.39 is 0 Å². The van der Waals surface area contributed by atoms with Crippen LogP contribution in [-0.4, -0.2) is 16.3 Å². The second-order valence-corrected chi connectivity index (χ2v) is 5.00. The van der Waals surface area contributed by atoms with Crippen LogP contribution in [0.25, 0.3) is 22.4 Å². The van der Waals surface area contributed by atoms with E-state index in [1.165, 1.54) is 5.56 Å². The third-order valence-electron chi connectivity index (χ3n) is 3.31. The molecule has 3 aromatic rings. The Bertz CT molecular complexity index is 678. The maximum atomic E-state index is 5.91. The van der Waals surface area contributed by atoms with Crippen LogP contribution in [0.2, 0.25) is 0 Å². The summed E-state index contributed by atoms with van der Waals surface area (Å²) in [6.07, 6.45) is 3.17. The smallest absolute Gasteiger partial charge is 0.156 e. The van der Waals surface area contributed by atoms with Gasteiger partial charge in [-0.3, -0.25) is 4.68 Å². The van der Waals surface area contributed by atoms with Crippen molar-refractivity contribution in [2.24, 2.45) is 7.05 Å². The van der Waals surface area contributed by atoms with Gasteiger partial charge in [-0.15, -0.1) is 0 Å². The van der Waals surface area contributed by atoms with Crippen molar-refractivity contribution in [3.05, 3.63) is 42.1 Å². The summed E-state index contributed by atoms with van der Waals surface area (Å²) in [6, 6.07) is 10.1. The topological polar surface area (TPSA) is 43.0 Å². The average Bonchev–Trinajstić information content (AvgIpc) is 3.02. The van der Waals surface area contributed by atoms with Gasteiger partial charge >= 0.3 is 0 Å². The lowest BCUT2D eigenvalue weighted by atomic mass is 10.2. The number of benzene rings is 1. The third-order valence-corrected chi connectivity index (χ3v) is 3.31. The number of furan rings is 1. The van der Waals surface area contributed by atoms with Gasteiger partial charge in [0.25, 0.3) is 0 Å². The predicted molar refractivity (Wildman–Crippen MR) is 80.4 cm³/mol. The molecule has 0 aliphatic heterocycles. The van der Waals surface area contributed by atoms with Crippen LogP contribution >= 0.6 is 0 Å². The van der Waals surface area contributed by atoms with E-state index in [4.69, 9.17) is 4.42 Å². The summed E-state index contributed by atoms with van der Waals surface area (Å²) in [5, 5.41) is 9.06. The molecule has 1 N–H and O–H groups in total. The minimum Gasteiger partial charge on any atom is -0.454 e. The Morgan fingerprint density at radius 1 is 1.30 bits per heavy atom. The molecule has 0 spiro atoms. The number of rotatable bonds is 5. The van der Waals surface area contributed by atoms with Crippen LogP contribution in [0.1, 0.15) is 18.9 Å². The molecule has 0 aliphatic rings. The van der Waals surface area contributed by atoms with Crippen LogP contribution in [0.15, 0.2) is 40.9 Å². The van der Waals surface area contributed by atoms with Crippen molar-refractivity contribution in [1.82, 2.24) is 15.1 Å². The zero-order chi connectivity index (χ0) is 13.9. The number of nitrogens with zero attached hydrogens (tertiary/aromatic N) is 2. The fourth-order valence-corrected chi connectivity index (χ4v) is 2.37. The van der Waals surface area contributed by atoms with Crippen LogP contribution in [0, 0.1) is 0 Å². The molecule has 0 fully saturated rings. The Balaban J connectivity index is 1.96. The normalized spacial score (nSPS) is 11.3. The quantitative estimate of drug-likeness (QED) is 0.722. The average molecular weight is 269 g/mol. The fourth-order valence-electron chi connectivity index (χ4n) is 2.37. The maximum Gasteiger partial charge on any atom is 0.156 e. The largest absolute Gasteiger partial charge is 0.454 e. The molecule has 0 bridgehead atoms. The van der Waals surface area contributed by atoms with Gasteiger partial charge in [-0.25, -0.2) is 0 Å². The van der Waals surface area contributed by atoms with Gasteiger partial charge in [-0.1, -0.05) is 25.1 Å². The van der Waals surface area contributed by atoms with E-state index in [9.17, 15) is 0 Å². The molecule has 0 unspecified atom stereocenters. The number of para-hydroxylation sites is 1. The Labute approximate surface area is 118 Å². The van der Waals surface area contributed by atoms with E-state index in [0.29, 0.717) is 0 Å². The molecule has 4 nitrogen and oxygen atoms in total. The van der Waals surface area contributed by atoms with Gasteiger partial charge in [-0.05, 0) is 25.1 Å². The lowest BCUT2D eigenvalue weighted by Crippen LogP contribution is -2.13. The van der Waals surface area contributed by atoms with E-state index in [1.807, 2.05) is 36.1 Å². The standard InChI is InChI=1S/C16H19N3O/c1-3-8-17-10-13-11-19(2)18-16(13)15-9-12-6-4-5-7-14(12)20-15/h4-7,9,11,17H,3,8,10H2,1-2H3. The summed E-state index contributed by atoms with van der Waals surface area (Å²) < 4.78 is 7.75. The zero-order valence-corrected chi connectivity index (χ0v) is 11.9. The van der Waals surface area contributed by atoms with Crippen molar-refractivity contribution in [2.75, 3.05) is 6.54 Å². The SMILES string of the molecule is CCCNCc1cn(C)nc1-c1cc2ccccc2o1. The molecule has 0 saturated carbocycles. The maximum absolute atomic E-state index is 5.91. The lowest BCUT2D eigenvalue weighted by molar-refractivity contribution is 0.622. The number of hydrogen-bond acceptors (Lipinski definition) is 3. The molecule has 4 heteroatoms. The first kappa shape index (κ1) is 12.9. The van der Waals surface area contributed by atoms with Crippen molar-refractivity contribution in [2.45, 2.75) is 19.9 Å². The molecular formula is C16H19N3O. The third kappa shape index (κ3) is 2.47. The molecule has 3 rings (SSSR count). The Hall–Kier alpha value is -2.07. The van der Waals surface area contributed by atoms with Crippen molar-refractivity contribution in [3.63, 3.8) is 0 Å². The van der Waals surface area contributed by atoms with Crippen LogP contribution in [0.5, 0.6) is 0 Å². The molecule has 0 aliphatic carbocycles. The van der Waals surface area contributed by atoms with Gasteiger partial charge in [0, 0.05) is 30.7 Å². The summed E-state index contributed by atoms with van der Waals surface area (Å²) in [6.45, 7) is 3.99. The van der Waals surface area contributed by atoms with Crippen LogP contribution in [0.4, 0.5) is 0 Å². The molecule has 2 aromatic heterocycles. The molecule has 20 heavy (non-hydrogen) atoms. The number of nitrogens with one attached hydrogen (secondary N) is 1. The first-order valence-electron chi connectivity index (χ1n) is 7.00. The minimum absolute atomic E-state index is 0.814. The molecule has 2 heterocycles. The second kappa shape index (κ2) is 5.51. The molecule has 0 atom stereocenters. The summed E-state index contributed by atoms with van der Waals surface area (Å²) in [5.74, 6) is 0.833. The Kier molecular flexibility index (Phi) is 3.56. The van der Waals surface area contributed by atoms with Crippen molar-refractivity contribution in [1.29, 1.82) is 0 Å². The lowest BCUT2D eigenvalue weighted by Gasteiger charge is -2.01. The van der Waals surface area contributed by atoms with Gasteiger partial charge in [0.05, 0.1) is 0 Å². The summed E-state index contributed by atoms with van der Waals surface area (Å²) >= 11 is 0. The van der Waals surface area contributed by atoms with E-state index in [0.717, 1.165) is 41.9 Å². The fraction of sp³-hybridized carbons (Fsp3) is 0.312. The van der Waals surface area contributed by atoms with Crippen molar-refractivity contribution < 1.29 is 4.42 Å². The molecule has 0 amide bonds. The molecule has 0 saturated heterocycles. The highest BCUT2D eigenvalue weighted by Crippen LogP contribution is 2.28. The Morgan fingerprint density at radius 3 is 2.95 bits per heavy atom. The van der Waals surface area contributed by atoms with E-state index >= 15 is 0 Å². The van der Waals surface area contributed by atoms with E-state index in [2.05, 4.69) is 29.5 Å². The summed E-state index contributed by atoms with van der Waals surface area (Å²) in [4.78, 5) is 0. The van der Waals surface area contributed by atoms with Crippen molar-refractivity contribution in [3.8, 4) is 11.5 Å². The minimum atomic E-state index is 0.814. The second-order valence-electron chi connectivity index (χ2n) is 5.00. The van der Waals surface area contributed by atoms with Gasteiger partial charge in [0.2, 0.25) is 0 Å². The van der Waals surface area contributed by atoms with Crippen LogP contribution in [0.3, 0.4) is 0 Å². The number of hydrogen-bond donors (Lipinski definition) is 1. The molecule has 0 radical (unpaired) electrons. The van der Waals surface area contributed by atoms with Crippen LogP contribution in [-0.2, 0) is 13.6 Å². The van der Waals surface area contributed by atoms with E-state index in [1.54, 1.807) is 0 Å². The number of aromatic nitrogens is 2. The van der Waals surface area contributed by atoms with E-state index in [-0.39, 0.29) is 0 Å². The summed E-state index contributed by atoms with van der Waals surface area (Å²) in [7, 11) is 1.94. The highest BCUT2D eigenvalue weighted by atomic mass is 16.3. The monoisotopic (exact) mass is 269 g/mol. The Morgan fingerprint density at radius 2 is 2.15 bits per heavy atom. The highest BCUT2D eigenvalue weighted by Gasteiger charge is 2.14. The number of aryl methyl sites for hydroxylation is 1. The molecular weight excluding hydrogens is 250 g/mol. The summed E-state index contributed by atoms with van der Waals surface area (Å²) in [5.41, 5.74) is 2.99. The molecule has 1 aromatic carbocycles. The van der Waals surface area contributed by atoms with Gasteiger partial charge in [0.1, 0.15) is 11.3 Å². The van der Waals surface area contributed by atoms with Gasteiger partial charge in [-0.2, -0.15) is 5.10 Å². The molecule has 104 valence electrons. The van der Waals surface area contributed by atoms with Crippen molar-refractivity contribution >= 4 is 11.0 Å². The van der Waals surface area contributed by atoms with Gasteiger partial charge in [0.15, 0.2) is 5.76 Å². The number of fused-ring (bicyclic) bond motifs is 1. The first-order valence-corrected chi connectivity index (χ1v) is 7.00.